The van der Waals surface area contributed by atoms with Gasteiger partial charge in [0.05, 0.1) is 12.7 Å². The Hall–Kier alpha value is -1.02. The first-order chi connectivity index (χ1) is 10.6. The van der Waals surface area contributed by atoms with Crippen molar-refractivity contribution in [1.29, 1.82) is 0 Å². The molecule has 0 N–H and O–H groups in total. The minimum Gasteiger partial charge on any atom is -0.384 e. The number of aromatic nitrogens is 1. The summed E-state index contributed by atoms with van der Waals surface area (Å²) < 4.78 is 38.5. The Morgan fingerprint density at radius 1 is 1.55 bits per heavy atom. The summed E-state index contributed by atoms with van der Waals surface area (Å²) in [7, 11) is -1.85. The fourth-order valence-electron chi connectivity index (χ4n) is 3.60. The molecule has 0 bridgehead atoms. The summed E-state index contributed by atoms with van der Waals surface area (Å²) >= 11 is 0. The standard InChI is InChI=1S/C15H22N2O4S/c1-20-12-15-6-3-9-21-14(15)5-8-17(11-15)22(18,19)13-4-2-7-16-10-13/h2,4,7,10,14H,3,5-6,8-9,11-12H2,1H3. The van der Waals surface area contributed by atoms with Crippen LogP contribution in [0.4, 0.5) is 0 Å². The van der Waals surface area contributed by atoms with Crippen LogP contribution in [0.25, 0.3) is 0 Å². The van der Waals surface area contributed by atoms with Crippen molar-refractivity contribution in [3.63, 3.8) is 0 Å². The highest BCUT2D eigenvalue weighted by molar-refractivity contribution is 7.89. The van der Waals surface area contributed by atoms with Gasteiger partial charge in [-0.25, -0.2) is 8.42 Å². The molecule has 22 heavy (non-hydrogen) atoms. The Morgan fingerprint density at radius 3 is 3.14 bits per heavy atom. The topological polar surface area (TPSA) is 68.7 Å². The quantitative estimate of drug-likeness (QED) is 0.834. The summed E-state index contributed by atoms with van der Waals surface area (Å²) in [4.78, 5) is 4.17. The van der Waals surface area contributed by atoms with E-state index >= 15 is 0 Å². The second-order valence-electron chi connectivity index (χ2n) is 6.07. The second kappa shape index (κ2) is 6.23. The lowest BCUT2D eigenvalue weighted by atomic mass is 9.73. The van der Waals surface area contributed by atoms with E-state index < -0.39 is 10.0 Å². The molecule has 2 atom stereocenters. The van der Waals surface area contributed by atoms with Crippen LogP contribution in [-0.4, -0.2) is 57.2 Å². The van der Waals surface area contributed by atoms with Gasteiger partial charge in [-0.15, -0.1) is 0 Å². The van der Waals surface area contributed by atoms with Crippen molar-refractivity contribution in [2.75, 3.05) is 33.4 Å². The second-order valence-corrected chi connectivity index (χ2v) is 8.01. The minimum atomic E-state index is -3.51. The van der Waals surface area contributed by atoms with Crippen LogP contribution in [0.1, 0.15) is 19.3 Å². The summed E-state index contributed by atoms with van der Waals surface area (Å²) in [6.45, 7) is 2.21. The zero-order valence-corrected chi connectivity index (χ0v) is 13.6. The first-order valence-electron chi connectivity index (χ1n) is 7.59. The highest BCUT2D eigenvalue weighted by atomic mass is 32.2. The number of methoxy groups -OCH3 is 1. The van der Waals surface area contributed by atoms with E-state index in [1.54, 1.807) is 29.7 Å². The molecule has 1 aromatic rings. The molecular formula is C15H22N2O4S. The summed E-state index contributed by atoms with van der Waals surface area (Å²) in [6, 6.07) is 3.24. The SMILES string of the molecule is COCC12CCCOC1CCN(S(=O)(=O)c1cccnc1)C2. The van der Waals surface area contributed by atoms with Crippen molar-refractivity contribution < 1.29 is 17.9 Å². The van der Waals surface area contributed by atoms with Gasteiger partial charge < -0.3 is 9.47 Å². The molecule has 122 valence electrons. The number of piperidine rings is 1. The Morgan fingerprint density at radius 2 is 2.41 bits per heavy atom. The third-order valence-electron chi connectivity index (χ3n) is 4.66. The molecule has 2 aliphatic heterocycles. The third-order valence-corrected chi connectivity index (χ3v) is 6.49. The van der Waals surface area contributed by atoms with E-state index in [0.717, 1.165) is 19.4 Å². The van der Waals surface area contributed by atoms with Gasteiger partial charge >= 0.3 is 0 Å². The zero-order chi connectivity index (χ0) is 15.6. The number of pyridine rings is 1. The Bertz CT molecular complexity index is 603. The van der Waals surface area contributed by atoms with E-state index in [1.165, 1.54) is 6.20 Å². The van der Waals surface area contributed by atoms with Crippen LogP contribution in [0.2, 0.25) is 0 Å². The van der Waals surface area contributed by atoms with Crippen molar-refractivity contribution >= 4 is 10.0 Å². The summed E-state index contributed by atoms with van der Waals surface area (Å²) in [6.07, 6.45) is 5.66. The molecule has 0 saturated carbocycles. The minimum absolute atomic E-state index is 0.0848. The molecule has 2 unspecified atom stereocenters. The van der Waals surface area contributed by atoms with Crippen molar-refractivity contribution in [3.05, 3.63) is 24.5 Å². The molecule has 2 fully saturated rings. The van der Waals surface area contributed by atoms with Crippen LogP contribution in [0.3, 0.4) is 0 Å². The van der Waals surface area contributed by atoms with Crippen molar-refractivity contribution in [3.8, 4) is 0 Å². The predicted octanol–water partition coefficient (Wildman–Crippen LogP) is 1.29. The monoisotopic (exact) mass is 326 g/mol. The molecule has 0 aromatic carbocycles. The third kappa shape index (κ3) is 2.78. The molecular weight excluding hydrogens is 304 g/mol. The summed E-state index contributed by atoms with van der Waals surface area (Å²) in [5.41, 5.74) is -0.236. The average Bonchev–Trinajstić information content (AvgIpc) is 2.55. The largest absolute Gasteiger partial charge is 0.384 e. The van der Waals surface area contributed by atoms with Gasteiger partial charge in [0, 0.05) is 44.6 Å². The lowest BCUT2D eigenvalue weighted by Crippen LogP contribution is -2.57. The van der Waals surface area contributed by atoms with Gasteiger partial charge in [0.1, 0.15) is 4.90 Å². The smallest absolute Gasteiger partial charge is 0.244 e. The van der Waals surface area contributed by atoms with Crippen LogP contribution in [0.5, 0.6) is 0 Å². The fourth-order valence-corrected chi connectivity index (χ4v) is 5.12. The number of fused-ring (bicyclic) bond motifs is 1. The van der Waals surface area contributed by atoms with Crippen LogP contribution >= 0.6 is 0 Å². The van der Waals surface area contributed by atoms with Gasteiger partial charge in [-0.1, -0.05) is 0 Å². The number of hydrogen-bond donors (Lipinski definition) is 0. The fraction of sp³-hybridized carbons (Fsp3) is 0.667. The number of nitrogens with zero attached hydrogens (tertiary/aromatic N) is 2. The van der Waals surface area contributed by atoms with Crippen LogP contribution in [-0.2, 0) is 19.5 Å². The molecule has 7 heteroatoms. The van der Waals surface area contributed by atoms with E-state index in [9.17, 15) is 8.42 Å². The van der Waals surface area contributed by atoms with Gasteiger partial charge in [0.15, 0.2) is 0 Å². The Labute approximate surface area is 131 Å². The molecule has 0 spiro atoms. The molecule has 6 nitrogen and oxygen atoms in total. The van der Waals surface area contributed by atoms with Crippen LogP contribution in [0, 0.1) is 5.41 Å². The maximum absolute atomic E-state index is 12.8. The van der Waals surface area contributed by atoms with E-state index in [1.807, 2.05) is 0 Å². The van der Waals surface area contributed by atoms with Gasteiger partial charge in [-0.2, -0.15) is 4.31 Å². The molecule has 0 aliphatic carbocycles. The Kier molecular flexibility index (Phi) is 4.49. The normalized spacial score (nSPS) is 30.0. The predicted molar refractivity (Wildman–Crippen MR) is 80.9 cm³/mol. The van der Waals surface area contributed by atoms with E-state index in [2.05, 4.69) is 4.98 Å². The molecule has 0 amide bonds. The first-order valence-corrected chi connectivity index (χ1v) is 9.03. The lowest BCUT2D eigenvalue weighted by Gasteiger charge is -2.49. The van der Waals surface area contributed by atoms with Gasteiger partial charge in [0.2, 0.25) is 10.0 Å². The zero-order valence-electron chi connectivity index (χ0n) is 12.8. The van der Waals surface area contributed by atoms with E-state index in [4.69, 9.17) is 9.47 Å². The number of rotatable bonds is 4. The maximum atomic E-state index is 12.8. The van der Waals surface area contributed by atoms with Crippen molar-refractivity contribution in [2.24, 2.45) is 5.41 Å². The highest BCUT2D eigenvalue weighted by Gasteiger charge is 2.48. The molecule has 2 saturated heterocycles. The number of hydrogen-bond acceptors (Lipinski definition) is 5. The van der Waals surface area contributed by atoms with Gasteiger partial charge in [-0.05, 0) is 31.4 Å². The van der Waals surface area contributed by atoms with Crippen molar-refractivity contribution in [1.82, 2.24) is 9.29 Å². The molecule has 0 radical (unpaired) electrons. The first kappa shape index (κ1) is 15.9. The van der Waals surface area contributed by atoms with Gasteiger partial charge in [-0.3, -0.25) is 4.98 Å². The van der Waals surface area contributed by atoms with Crippen LogP contribution < -0.4 is 0 Å². The number of sulfonamides is 1. The maximum Gasteiger partial charge on any atom is 0.244 e. The lowest BCUT2D eigenvalue weighted by molar-refractivity contribution is -0.137. The Balaban J connectivity index is 1.87. The van der Waals surface area contributed by atoms with E-state index in [-0.39, 0.29) is 16.4 Å². The highest BCUT2D eigenvalue weighted by Crippen LogP contribution is 2.41. The number of ether oxygens (including phenoxy) is 2. The molecule has 2 aliphatic rings. The molecule has 1 aromatic heterocycles. The molecule has 3 heterocycles. The summed E-state index contributed by atoms with van der Waals surface area (Å²) in [5, 5.41) is 0. The van der Waals surface area contributed by atoms with Gasteiger partial charge in [0.25, 0.3) is 0 Å². The molecule has 3 rings (SSSR count). The van der Waals surface area contributed by atoms with Crippen molar-refractivity contribution in [2.45, 2.75) is 30.3 Å². The van der Waals surface area contributed by atoms with E-state index in [0.29, 0.717) is 26.1 Å². The average molecular weight is 326 g/mol. The van der Waals surface area contributed by atoms with Crippen LogP contribution in [0.15, 0.2) is 29.4 Å². The summed E-state index contributed by atoms with van der Waals surface area (Å²) in [5.74, 6) is 0.